The van der Waals surface area contributed by atoms with Crippen LogP contribution in [0.3, 0.4) is 0 Å². The fourth-order valence-corrected chi connectivity index (χ4v) is 3.64. The predicted molar refractivity (Wildman–Crippen MR) is 94.9 cm³/mol. The SMILES string of the molecule is CC(C)CCOc1ccc(S(=O)(=O)NC2CCCNC2)cc1.Cl. The van der Waals surface area contributed by atoms with Gasteiger partial charge in [-0.1, -0.05) is 13.8 Å². The summed E-state index contributed by atoms with van der Waals surface area (Å²) < 4.78 is 33.0. The molecule has 2 N–H and O–H groups in total. The first-order chi connectivity index (χ1) is 10.5. The van der Waals surface area contributed by atoms with Crippen LogP contribution in [0.25, 0.3) is 0 Å². The lowest BCUT2D eigenvalue weighted by molar-refractivity contribution is 0.289. The molecule has 0 spiro atoms. The average Bonchev–Trinajstić information content (AvgIpc) is 2.48. The Morgan fingerprint density at radius 2 is 2.00 bits per heavy atom. The zero-order chi connectivity index (χ0) is 16.0. The van der Waals surface area contributed by atoms with Crippen molar-refractivity contribution < 1.29 is 13.2 Å². The second-order valence-electron chi connectivity index (χ2n) is 6.17. The van der Waals surface area contributed by atoms with Gasteiger partial charge in [0.15, 0.2) is 0 Å². The molecule has 1 saturated heterocycles. The van der Waals surface area contributed by atoms with Crippen molar-refractivity contribution in [2.75, 3.05) is 19.7 Å². The van der Waals surface area contributed by atoms with Gasteiger partial charge >= 0.3 is 0 Å². The van der Waals surface area contributed by atoms with Gasteiger partial charge in [0.05, 0.1) is 11.5 Å². The van der Waals surface area contributed by atoms with E-state index in [0.29, 0.717) is 24.8 Å². The standard InChI is InChI=1S/C16H26N2O3S.ClH/c1-13(2)9-11-21-15-5-7-16(8-6-15)22(19,20)18-14-4-3-10-17-12-14;/h5-8,13-14,17-18H,3-4,9-12H2,1-2H3;1H. The van der Waals surface area contributed by atoms with Crippen molar-refractivity contribution in [3.63, 3.8) is 0 Å². The molecule has 0 bridgehead atoms. The topological polar surface area (TPSA) is 67.4 Å². The average molecular weight is 363 g/mol. The number of sulfonamides is 1. The van der Waals surface area contributed by atoms with Crippen molar-refractivity contribution in [1.29, 1.82) is 0 Å². The third-order valence-electron chi connectivity index (χ3n) is 3.72. The molecule has 23 heavy (non-hydrogen) atoms. The molecule has 0 radical (unpaired) electrons. The third-order valence-corrected chi connectivity index (χ3v) is 5.25. The van der Waals surface area contributed by atoms with E-state index < -0.39 is 10.0 Å². The molecular formula is C16H27ClN2O3S. The molecule has 1 aliphatic rings. The van der Waals surface area contributed by atoms with Gasteiger partial charge in [-0.2, -0.15) is 0 Å². The molecule has 1 atom stereocenters. The third kappa shape index (κ3) is 6.67. The molecule has 0 amide bonds. The van der Waals surface area contributed by atoms with Crippen LogP contribution in [-0.2, 0) is 10.0 Å². The lowest BCUT2D eigenvalue weighted by atomic mass is 10.1. The van der Waals surface area contributed by atoms with Crippen molar-refractivity contribution in [2.45, 2.75) is 44.0 Å². The van der Waals surface area contributed by atoms with Gasteiger partial charge in [-0.05, 0) is 56.0 Å². The van der Waals surface area contributed by atoms with Gasteiger partial charge in [-0.15, -0.1) is 12.4 Å². The Balaban J connectivity index is 0.00000264. The van der Waals surface area contributed by atoms with E-state index in [4.69, 9.17) is 4.74 Å². The highest BCUT2D eigenvalue weighted by molar-refractivity contribution is 7.89. The molecule has 1 aliphatic heterocycles. The maximum absolute atomic E-state index is 12.3. The number of ether oxygens (including phenoxy) is 1. The Labute approximate surface area is 145 Å². The van der Waals surface area contributed by atoms with Crippen LogP contribution in [-0.4, -0.2) is 34.2 Å². The summed E-state index contributed by atoms with van der Waals surface area (Å²) in [5.74, 6) is 1.30. The van der Waals surface area contributed by atoms with E-state index in [0.717, 1.165) is 25.8 Å². The number of piperidine rings is 1. The normalized spacial score (nSPS) is 18.5. The summed E-state index contributed by atoms with van der Waals surface area (Å²) in [7, 11) is -3.46. The first-order valence-electron chi connectivity index (χ1n) is 7.93. The lowest BCUT2D eigenvalue weighted by Crippen LogP contribution is -2.45. The fourth-order valence-electron chi connectivity index (χ4n) is 2.37. The Kier molecular flexibility index (Phi) is 8.33. The minimum absolute atomic E-state index is 0. The number of nitrogens with one attached hydrogen (secondary N) is 2. The monoisotopic (exact) mass is 362 g/mol. The van der Waals surface area contributed by atoms with Gasteiger partial charge < -0.3 is 10.1 Å². The predicted octanol–water partition coefficient (Wildman–Crippen LogP) is 2.56. The molecule has 132 valence electrons. The van der Waals surface area contributed by atoms with Crippen molar-refractivity contribution in [3.05, 3.63) is 24.3 Å². The van der Waals surface area contributed by atoms with Gasteiger partial charge in [-0.25, -0.2) is 13.1 Å². The second-order valence-corrected chi connectivity index (χ2v) is 7.88. The Hall–Kier alpha value is -0.820. The number of benzene rings is 1. The van der Waals surface area contributed by atoms with Crippen LogP contribution in [0.5, 0.6) is 5.75 Å². The highest BCUT2D eigenvalue weighted by atomic mass is 35.5. The summed E-state index contributed by atoms with van der Waals surface area (Å²) in [6, 6.07) is 6.61. The zero-order valence-corrected chi connectivity index (χ0v) is 15.4. The van der Waals surface area contributed by atoms with Crippen LogP contribution in [0.4, 0.5) is 0 Å². The first kappa shape index (κ1) is 20.2. The van der Waals surface area contributed by atoms with Crippen molar-refractivity contribution in [2.24, 2.45) is 5.92 Å². The summed E-state index contributed by atoms with van der Waals surface area (Å²) in [6.45, 7) is 6.58. The molecular weight excluding hydrogens is 336 g/mol. The van der Waals surface area contributed by atoms with Crippen molar-refractivity contribution in [1.82, 2.24) is 10.0 Å². The number of hydrogen-bond acceptors (Lipinski definition) is 4. The summed E-state index contributed by atoms with van der Waals surface area (Å²) in [6.07, 6.45) is 2.86. The van der Waals surface area contributed by atoms with Crippen LogP contribution >= 0.6 is 12.4 Å². The van der Waals surface area contributed by atoms with Crippen LogP contribution in [0, 0.1) is 5.92 Å². The quantitative estimate of drug-likeness (QED) is 0.782. The maximum atomic E-state index is 12.3. The number of halogens is 1. The molecule has 5 nitrogen and oxygen atoms in total. The summed E-state index contributed by atoms with van der Waals surface area (Å²) in [5.41, 5.74) is 0. The molecule has 1 heterocycles. The molecule has 7 heteroatoms. The van der Waals surface area contributed by atoms with E-state index in [1.165, 1.54) is 0 Å². The van der Waals surface area contributed by atoms with Crippen LogP contribution < -0.4 is 14.8 Å². The van der Waals surface area contributed by atoms with Crippen molar-refractivity contribution in [3.8, 4) is 5.75 Å². The number of rotatable bonds is 7. The zero-order valence-electron chi connectivity index (χ0n) is 13.7. The fraction of sp³-hybridized carbons (Fsp3) is 0.625. The highest BCUT2D eigenvalue weighted by Gasteiger charge is 2.21. The molecule has 1 fully saturated rings. The first-order valence-corrected chi connectivity index (χ1v) is 9.41. The Morgan fingerprint density at radius 1 is 1.30 bits per heavy atom. The largest absolute Gasteiger partial charge is 0.494 e. The Morgan fingerprint density at radius 3 is 2.57 bits per heavy atom. The molecule has 0 aromatic heterocycles. The van der Waals surface area contributed by atoms with Gasteiger partial charge in [0.25, 0.3) is 0 Å². The van der Waals surface area contributed by atoms with E-state index >= 15 is 0 Å². The van der Waals surface area contributed by atoms with E-state index in [-0.39, 0.29) is 23.3 Å². The second kappa shape index (κ2) is 9.47. The Bertz CT molecular complexity index is 555. The minimum atomic E-state index is -3.46. The molecule has 1 unspecified atom stereocenters. The van der Waals surface area contributed by atoms with Crippen molar-refractivity contribution >= 4 is 22.4 Å². The molecule has 1 aromatic carbocycles. The van der Waals surface area contributed by atoms with E-state index in [9.17, 15) is 8.42 Å². The van der Waals surface area contributed by atoms with Crippen LogP contribution in [0.2, 0.25) is 0 Å². The number of hydrogen-bond donors (Lipinski definition) is 2. The smallest absolute Gasteiger partial charge is 0.240 e. The van der Waals surface area contributed by atoms with E-state index in [1.54, 1.807) is 24.3 Å². The summed E-state index contributed by atoms with van der Waals surface area (Å²) in [5, 5.41) is 3.20. The molecule has 2 rings (SSSR count). The van der Waals surface area contributed by atoms with Gasteiger partial charge in [0.2, 0.25) is 10.0 Å². The summed E-state index contributed by atoms with van der Waals surface area (Å²) in [4.78, 5) is 0.286. The summed E-state index contributed by atoms with van der Waals surface area (Å²) >= 11 is 0. The van der Waals surface area contributed by atoms with E-state index in [1.807, 2.05) is 0 Å². The van der Waals surface area contributed by atoms with Gasteiger partial charge in [-0.3, -0.25) is 0 Å². The lowest BCUT2D eigenvalue weighted by Gasteiger charge is -2.23. The molecule has 0 saturated carbocycles. The highest BCUT2D eigenvalue weighted by Crippen LogP contribution is 2.17. The maximum Gasteiger partial charge on any atom is 0.240 e. The van der Waals surface area contributed by atoms with E-state index in [2.05, 4.69) is 23.9 Å². The van der Waals surface area contributed by atoms with Gasteiger partial charge in [0, 0.05) is 12.6 Å². The van der Waals surface area contributed by atoms with Crippen LogP contribution in [0.1, 0.15) is 33.1 Å². The minimum Gasteiger partial charge on any atom is -0.494 e. The van der Waals surface area contributed by atoms with Gasteiger partial charge in [0.1, 0.15) is 5.75 Å². The molecule has 1 aromatic rings. The molecule has 0 aliphatic carbocycles. The van der Waals surface area contributed by atoms with Crippen LogP contribution in [0.15, 0.2) is 29.2 Å².